The molecule has 0 fully saturated rings. The Hall–Kier alpha value is -0.120. The molecule has 1 unspecified atom stereocenters. The van der Waals surface area contributed by atoms with Gasteiger partial charge in [-0.05, 0) is 27.1 Å². The molecule has 1 atom stereocenters. The van der Waals surface area contributed by atoms with Crippen LogP contribution in [0, 0.1) is 5.92 Å². The molecule has 0 aliphatic heterocycles. The monoisotopic (exact) mass is 187 g/mol. The minimum absolute atomic E-state index is 0.585. The topological polar surface area (TPSA) is 27.3 Å². The van der Waals surface area contributed by atoms with Crippen molar-refractivity contribution in [1.82, 2.24) is 15.5 Å². The summed E-state index contributed by atoms with van der Waals surface area (Å²) in [5.41, 5.74) is 0. The number of likely N-dealkylation sites (N-methyl/N-ethyl adjacent to an activating group) is 2. The van der Waals surface area contributed by atoms with Gasteiger partial charge in [0.25, 0.3) is 0 Å². The van der Waals surface area contributed by atoms with E-state index in [1.807, 2.05) is 7.05 Å². The quantitative estimate of drug-likeness (QED) is 0.564. The third-order valence-corrected chi connectivity index (χ3v) is 2.28. The summed E-state index contributed by atoms with van der Waals surface area (Å²) in [6, 6.07) is 0.585. The standard InChI is InChI=1S/C10H25N3/c1-9(2)10(11-3)8-12-6-7-13(4)5/h9-12H,6-8H2,1-5H3. The van der Waals surface area contributed by atoms with Gasteiger partial charge in [0.2, 0.25) is 0 Å². The van der Waals surface area contributed by atoms with Crippen molar-refractivity contribution in [2.45, 2.75) is 19.9 Å². The van der Waals surface area contributed by atoms with E-state index in [1.54, 1.807) is 0 Å². The van der Waals surface area contributed by atoms with E-state index < -0.39 is 0 Å². The number of rotatable bonds is 7. The van der Waals surface area contributed by atoms with E-state index >= 15 is 0 Å². The molecule has 80 valence electrons. The van der Waals surface area contributed by atoms with E-state index in [0.717, 1.165) is 19.6 Å². The molecule has 2 N–H and O–H groups in total. The SMILES string of the molecule is CNC(CNCCN(C)C)C(C)C. The molecule has 3 nitrogen and oxygen atoms in total. The van der Waals surface area contributed by atoms with Gasteiger partial charge >= 0.3 is 0 Å². The van der Waals surface area contributed by atoms with E-state index in [9.17, 15) is 0 Å². The van der Waals surface area contributed by atoms with E-state index in [4.69, 9.17) is 0 Å². The lowest BCUT2D eigenvalue weighted by Crippen LogP contribution is -2.42. The second kappa shape index (κ2) is 7.30. The molecule has 3 heteroatoms. The molecule has 0 spiro atoms. The van der Waals surface area contributed by atoms with Gasteiger partial charge in [-0.2, -0.15) is 0 Å². The molecular formula is C10H25N3. The van der Waals surface area contributed by atoms with Crippen molar-refractivity contribution in [3.8, 4) is 0 Å². The summed E-state index contributed by atoms with van der Waals surface area (Å²) in [5, 5.41) is 6.76. The van der Waals surface area contributed by atoms with Gasteiger partial charge in [0, 0.05) is 25.7 Å². The molecule has 0 radical (unpaired) electrons. The largest absolute Gasteiger partial charge is 0.315 e. The Morgan fingerprint density at radius 3 is 2.23 bits per heavy atom. The lowest BCUT2D eigenvalue weighted by atomic mass is 10.1. The van der Waals surface area contributed by atoms with Gasteiger partial charge in [-0.15, -0.1) is 0 Å². The zero-order valence-corrected chi connectivity index (χ0v) is 9.72. The average molecular weight is 187 g/mol. The molecule has 13 heavy (non-hydrogen) atoms. The maximum atomic E-state index is 3.44. The first-order valence-corrected chi connectivity index (χ1v) is 5.10. The normalized spacial score (nSPS) is 14.1. The van der Waals surface area contributed by atoms with Crippen molar-refractivity contribution in [3.05, 3.63) is 0 Å². The Morgan fingerprint density at radius 2 is 1.85 bits per heavy atom. The van der Waals surface area contributed by atoms with Crippen molar-refractivity contribution in [2.24, 2.45) is 5.92 Å². The second-order valence-electron chi connectivity index (χ2n) is 4.15. The van der Waals surface area contributed by atoms with E-state index in [-0.39, 0.29) is 0 Å². The summed E-state index contributed by atoms with van der Waals surface area (Å²) in [4.78, 5) is 2.19. The van der Waals surface area contributed by atoms with Crippen LogP contribution in [0.15, 0.2) is 0 Å². The fourth-order valence-electron chi connectivity index (χ4n) is 1.23. The highest BCUT2D eigenvalue weighted by molar-refractivity contribution is 4.71. The van der Waals surface area contributed by atoms with Crippen molar-refractivity contribution in [2.75, 3.05) is 40.8 Å². The van der Waals surface area contributed by atoms with E-state index in [1.165, 1.54) is 0 Å². The van der Waals surface area contributed by atoms with Crippen LogP contribution in [0.2, 0.25) is 0 Å². The van der Waals surface area contributed by atoms with Gasteiger partial charge < -0.3 is 15.5 Å². The Kier molecular flexibility index (Phi) is 7.23. The third-order valence-electron chi connectivity index (χ3n) is 2.28. The van der Waals surface area contributed by atoms with Gasteiger partial charge in [-0.3, -0.25) is 0 Å². The maximum Gasteiger partial charge on any atom is 0.0212 e. The molecule has 0 saturated heterocycles. The molecule has 0 bridgehead atoms. The second-order valence-corrected chi connectivity index (χ2v) is 4.15. The lowest BCUT2D eigenvalue weighted by Gasteiger charge is -2.21. The highest BCUT2D eigenvalue weighted by atomic mass is 15.1. The molecule has 0 heterocycles. The van der Waals surface area contributed by atoms with Crippen LogP contribution in [0.5, 0.6) is 0 Å². The van der Waals surface area contributed by atoms with Crippen LogP contribution in [-0.4, -0.2) is 51.7 Å². The van der Waals surface area contributed by atoms with Gasteiger partial charge in [0.1, 0.15) is 0 Å². The van der Waals surface area contributed by atoms with E-state index in [2.05, 4.69) is 43.5 Å². The van der Waals surface area contributed by atoms with Crippen LogP contribution in [-0.2, 0) is 0 Å². The van der Waals surface area contributed by atoms with Gasteiger partial charge in [0.15, 0.2) is 0 Å². The fraction of sp³-hybridized carbons (Fsp3) is 1.00. The van der Waals surface area contributed by atoms with Crippen LogP contribution in [0.4, 0.5) is 0 Å². The Balaban J connectivity index is 3.39. The van der Waals surface area contributed by atoms with Crippen molar-refractivity contribution in [1.29, 1.82) is 0 Å². The molecule has 0 aromatic heterocycles. The Bertz CT molecular complexity index is 113. The van der Waals surface area contributed by atoms with Gasteiger partial charge in [-0.25, -0.2) is 0 Å². The van der Waals surface area contributed by atoms with Crippen molar-refractivity contribution >= 4 is 0 Å². The zero-order valence-electron chi connectivity index (χ0n) is 9.72. The Labute approximate surface area is 82.9 Å². The number of hydrogen-bond acceptors (Lipinski definition) is 3. The maximum absolute atomic E-state index is 3.44. The summed E-state index contributed by atoms with van der Waals surface area (Å²) in [7, 11) is 6.22. The number of nitrogens with one attached hydrogen (secondary N) is 2. The highest BCUT2D eigenvalue weighted by Crippen LogP contribution is 1.98. The van der Waals surface area contributed by atoms with Crippen LogP contribution in [0.1, 0.15) is 13.8 Å². The van der Waals surface area contributed by atoms with Crippen LogP contribution >= 0.6 is 0 Å². The molecule has 0 aromatic carbocycles. The van der Waals surface area contributed by atoms with E-state index in [0.29, 0.717) is 12.0 Å². The minimum atomic E-state index is 0.585. The smallest absolute Gasteiger partial charge is 0.0212 e. The first-order valence-electron chi connectivity index (χ1n) is 5.10. The molecular weight excluding hydrogens is 162 g/mol. The summed E-state index contributed by atoms with van der Waals surface area (Å²) >= 11 is 0. The van der Waals surface area contributed by atoms with Gasteiger partial charge in [-0.1, -0.05) is 13.8 Å². The molecule has 0 saturated carbocycles. The Morgan fingerprint density at radius 1 is 1.23 bits per heavy atom. The summed E-state index contributed by atoms with van der Waals surface area (Å²) in [5.74, 6) is 0.692. The zero-order chi connectivity index (χ0) is 10.3. The van der Waals surface area contributed by atoms with Crippen LogP contribution in [0.3, 0.4) is 0 Å². The van der Waals surface area contributed by atoms with Gasteiger partial charge in [0.05, 0.1) is 0 Å². The molecule has 0 aromatic rings. The van der Waals surface area contributed by atoms with Crippen molar-refractivity contribution < 1.29 is 0 Å². The first-order chi connectivity index (χ1) is 6.07. The number of nitrogens with zero attached hydrogens (tertiary/aromatic N) is 1. The average Bonchev–Trinajstić information content (AvgIpc) is 2.03. The van der Waals surface area contributed by atoms with Crippen LogP contribution < -0.4 is 10.6 Å². The predicted octanol–water partition coefficient (Wildman–Crippen LogP) is 0.382. The summed E-state index contributed by atoms with van der Waals surface area (Å²) in [6.45, 7) is 7.72. The molecule has 0 amide bonds. The molecule has 0 aliphatic carbocycles. The fourth-order valence-corrected chi connectivity index (χ4v) is 1.23. The van der Waals surface area contributed by atoms with Crippen molar-refractivity contribution in [3.63, 3.8) is 0 Å². The molecule has 0 aliphatic rings. The number of hydrogen-bond donors (Lipinski definition) is 2. The first kappa shape index (κ1) is 12.9. The predicted molar refractivity (Wildman–Crippen MR) is 59.1 cm³/mol. The summed E-state index contributed by atoms with van der Waals surface area (Å²) < 4.78 is 0. The lowest BCUT2D eigenvalue weighted by molar-refractivity contribution is 0.368. The molecule has 0 rings (SSSR count). The minimum Gasteiger partial charge on any atom is -0.315 e. The third kappa shape index (κ3) is 6.99. The van der Waals surface area contributed by atoms with Crippen LogP contribution in [0.25, 0.3) is 0 Å². The highest BCUT2D eigenvalue weighted by Gasteiger charge is 2.08. The summed E-state index contributed by atoms with van der Waals surface area (Å²) in [6.07, 6.45) is 0.